The van der Waals surface area contributed by atoms with Crippen LogP contribution in [-0.2, 0) is 0 Å². The number of nitrogens with zero attached hydrogens (tertiary/aromatic N) is 1. The van der Waals surface area contributed by atoms with Crippen LogP contribution in [0.1, 0.15) is 16.4 Å². The Morgan fingerprint density at radius 2 is 1.92 bits per heavy atom. The molecule has 1 aromatic heterocycles. The molecular formula is C19H14N2O2S. The lowest BCUT2D eigenvalue weighted by atomic mass is 9.88. The molecule has 0 bridgehead atoms. The summed E-state index contributed by atoms with van der Waals surface area (Å²) >= 11 is 1.62. The van der Waals surface area contributed by atoms with E-state index in [0.717, 1.165) is 32.0 Å². The SMILES string of the molecule is COc1ccccc1C1C(C#N)=C(N)Oc2c1sc1ccccc21. The summed E-state index contributed by atoms with van der Waals surface area (Å²) in [7, 11) is 1.63. The molecule has 2 N–H and O–H groups in total. The van der Waals surface area contributed by atoms with Gasteiger partial charge in [-0.3, -0.25) is 0 Å². The van der Waals surface area contributed by atoms with Crippen molar-refractivity contribution in [1.29, 1.82) is 5.26 Å². The zero-order valence-corrected chi connectivity index (χ0v) is 13.8. The van der Waals surface area contributed by atoms with Gasteiger partial charge in [-0.25, -0.2) is 0 Å². The number of nitrogens with two attached hydrogens (primary N) is 1. The molecule has 2 aromatic carbocycles. The summed E-state index contributed by atoms with van der Waals surface area (Å²) in [6.07, 6.45) is 0. The minimum atomic E-state index is -0.285. The highest BCUT2D eigenvalue weighted by molar-refractivity contribution is 7.19. The molecule has 2 heterocycles. The molecule has 0 radical (unpaired) electrons. The molecule has 3 aromatic rings. The summed E-state index contributed by atoms with van der Waals surface area (Å²) < 4.78 is 12.4. The summed E-state index contributed by atoms with van der Waals surface area (Å²) in [4.78, 5) is 0.978. The van der Waals surface area contributed by atoms with Crippen molar-refractivity contribution in [3.05, 3.63) is 70.4 Å². The van der Waals surface area contributed by atoms with Crippen molar-refractivity contribution < 1.29 is 9.47 Å². The van der Waals surface area contributed by atoms with E-state index in [-0.39, 0.29) is 11.8 Å². The van der Waals surface area contributed by atoms with Crippen molar-refractivity contribution in [3.63, 3.8) is 0 Å². The number of ether oxygens (including phenoxy) is 2. The zero-order valence-electron chi connectivity index (χ0n) is 12.9. The van der Waals surface area contributed by atoms with E-state index < -0.39 is 0 Å². The topological polar surface area (TPSA) is 68.3 Å². The van der Waals surface area contributed by atoms with Crippen molar-refractivity contribution in [3.8, 4) is 17.6 Å². The molecule has 118 valence electrons. The van der Waals surface area contributed by atoms with Crippen LogP contribution < -0.4 is 15.2 Å². The first-order valence-electron chi connectivity index (χ1n) is 7.46. The fraction of sp³-hybridized carbons (Fsp3) is 0.105. The van der Waals surface area contributed by atoms with Gasteiger partial charge in [-0.15, -0.1) is 11.3 Å². The average molecular weight is 334 g/mol. The Balaban J connectivity index is 2.03. The van der Waals surface area contributed by atoms with Crippen LogP contribution in [0.2, 0.25) is 0 Å². The van der Waals surface area contributed by atoms with Crippen LogP contribution in [0.5, 0.6) is 11.5 Å². The number of benzene rings is 2. The predicted molar refractivity (Wildman–Crippen MR) is 94.1 cm³/mol. The van der Waals surface area contributed by atoms with Gasteiger partial charge in [0.15, 0.2) is 5.75 Å². The van der Waals surface area contributed by atoms with Gasteiger partial charge in [0.1, 0.15) is 17.4 Å². The number of nitriles is 1. The largest absolute Gasteiger partial charge is 0.496 e. The van der Waals surface area contributed by atoms with E-state index in [1.807, 2.05) is 48.5 Å². The van der Waals surface area contributed by atoms with E-state index in [0.29, 0.717) is 5.57 Å². The van der Waals surface area contributed by atoms with Gasteiger partial charge in [0, 0.05) is 15.6 Å². The van der Waals surface area contributed by atoms with Gasteiger partial charge in [0.05, 0.1) is 17.9 Å². The van der Waals surface area contributed by atoms with Gasteiger partial charge < -0.3 is 15.2 Å². The van der Waals surface area contributed by atoms with E-state index >= 15 is 0 Å². The maximum absolute atomic E-state index is 9.65. The number of para-hydroxylation sites is 1. The lowest BCUT2D eigenvalue weighted by Crippen LogP contribution is -2.20. The van der Waals surface area contributed by atoms with Gasteiger partial charge in [0.25, 0.3) is 0 Å². The molecule has 1 atom stereocenters. The van der Waals surface area contributed by atoms with Crippen LogP contribution >= 0.6 is 11.3 Å². The fourth-order valence-corrected chi connectivity index (χ4v) is 4.36. The van der Waals surface area contributed by atoms with Gasteiger partial charge in [-0.05, 0) is 18.2 Å². The Bertz CT molecular complexity index is 1010. The molecule has 5 heteroatoms. The van der Waals surface area contributed by atoms with E-state index in [1.54, 1.807) is 18.4 Å². The van der Waals surface area contributed by atoms with E-state index in [9.17, 15) is 5.26 Å². The minimum Gasteiger partial charge on any atom is -0.496 e. The van der Waals surface area contributed by atoms with Crippen LogP contribution in [0, 0.1) is 11.3 Å². The van der Waals surface area contributed by atoms with Crippen molar-refractivity contribution in [2.75, 3.05) is 7.11 Å². The number of allylic oxidation sites excluding steroid dienone is 1. The number of rotatable bonds is 2. The molecule has 1 aliphatic rings. The number of thiophene rings is 1. The maximum atomic E-state index is 9.65. The quantitative estimate of drug-likeness (QED) is 0.765. The van der Waals surface area contributed by atoms with Crippen molar-refractivity contribution in [2.45, 2.75) is 5.92 Å². The number of hydrogen-bond acceptors (Lipinski definition) is 5. The lowest BCUT2D eigenvalue weighted by molar-refractivity contribution is 0.393. The summed E-state index contributed by atoms with van der Waals surface area (Å²) in [5.74, 6) is 1.34. The Kier molecular flexibility index (Phi) is 3.40. The molecule has 0 fully saturated rings. The van der Waals surface area contributed by atoms with Crippen LogP contribution in [0.25, 0.3) is 10.1 Å². The number of methoxy groups -OCH3 is 1. The van der Waals surface area contributed by atoms with E-state index in [1.165, 1.54) is 0 Å². The molecule has 0 spiro atoms. The monoisotopic (exact) mass is 334 g/mol. The van der Waals surface area contributed by atoms with Gasteiger partial charge in [-0.1, -0.05) is 30.3 Å². The fourth-order valence-electron chi connectivity index (χ4n) is 3.10. The van der Waals surface area contributed by atoms with Gasteiger partial charge >= 0.3 is 0 Å². The van der Waals surface area contributed by atoms with Crippen LogP contribution in [-0.4, -0.2) is 7.11 Å². The number of hydrogen-bond donors (Lipinski definition) is 1. The highest BCUT2D eigenvalue weighted by Crippen LogP contribution is 2.51. The van der Waals surface area contributed by atoms with Crippen LogP contribution in [0.3, 0.4) is 0 Å². The predicted octanol–water partition coefficient (Wildman–Crippen LogP) is 4.13. The summed E-state index contributed by atoms with van der Waals surface area (Å²) in [5, 5.41) is 10.7. The first kappa shape index (κ1) is 14.6. The molecule has 0 aliphatic carbocycles. The van der Waals surface area contributed by atoms with E-state index in [2.05, 4.69) is 6.07 Å². The average Bonchev–Trinajstić information content (AvgIpc) is 2.98. The second-order valence-corrected chi connectivity index (χ2v) is 6.54. The summed E-state index contributed by atoms with van der Waals surface area (Å²) in [6, 6.07) is 17.9. The second-order valence-electron chi connectivity index (χ2n) is 5.46. The van der Waals surface area contributed by atoms with Crippen molar-refractivity contribution >= 4 is 21.4 Å². The van der Waals surface area contributed by atoms with Crippen molar-refractivity contribution in [1.82, 2.24) is 0 Å². The third-order valence-corrected chi connectivity index (χ3v) is 5.39. The molecule has 1 unspecified atom stereocenters. The van der Waals surface area contributed by atoms with E-state index in [4.69, 9.17) is 15.2 Å². The van der Waals surface area contributed by atoms with Crippen LogP contribution in [0.15, 0.2) is 60.0 Å². The van der Waals surface area contributed by atoms with Gasteiger partial charge in [0.2, 0.25) is 5.88 Å². The molecule has 0 amide bonds. The molecule has 0 saturated carbocycles. The Morgan fingerprint density at radius 3 is 2.71 bits per heavy atom. The number of fused-ring (bicyclic) bond motifs is 3. The highest BCUT2D eigenvalue weighted by atomic mass is 32.1. The Morgan fingerprint density at radius 1 is 1.17 bits per heavy atom. The maximum Gasteiger partial charge on any atom is 0.205 e. The smallest absolute Gasteiger partial charge is 0.205 e. The molecule has 4 rings (SSSR count). The molecule has 4 nitrogen and oxygen atoms in total. The third-order valence-electron chi connectivity index (χ3n) is 4.17. The lowest BCUT2D eigenvalue weighted by Gasteiger charge is -2.25. The summed E-state index contributed by atoms with van der Waals surface area (Å²) in [5.41, 5.74) is 7.40. The minimum absolute atomic E-state index is 0.157. The first-order chi connectivity index (χ1) is 11.7. The molecule has 0 saturated heterocycles. The van der Waals surface area contributed by atoms with Gasteiger partial charge in [-0.2, -0.15) is 5.26 Å². The zero-order chi connectivity index (χ0) is 16.7. The molecule has 24 heavy (non-hydrogen) atoms. The third kappa shape index (κ3) is 2.04. The molecular weight excluding hydrogens is 320 g/mol. The Labute approximate surface area is 143 Å². The Hall–Kier alpha value is -2.97. The highest BCUT2D eigenvalue weighted by Gasteiger charge is 2.35. The first-order valence-corrected chi connectivity index (χ1v) is 8.28. The normalized spacial score (nSPS) is 16.4. The van der Waals surface area contributed by atoms with Crippen molar-refractivity contribution in [2.24, 2.45) is 5.73 Å². The molecule has 1 aliphatic heterocycles. The summed E-state index contributed by atoms with van der Waals surface area (Å²) in [6.45, 7) is 0. The van der Waals surface area contributed by atoms with Crippen LogP contribution in [0.4, 0.5) is 0 Å². The standard InChI is InChI=1S/C19H14N2O2S/c1-22-14-8-4-2-6-11(14)16-13(10-20)19(21)23-17-12-7-3-5-9-15(12)24-18(16)17/h2-9,16H,21H2,1H3. The second kappa shape index (κ2) is 5.59.